The Hall–Kier alpha value is -2.99. The molecule has 11 nitrogen and oxygen atoms in total. The molecule has 0 spiro atoms. The minimum absolute atomic E-state index is 0.148. The summed E-state index contributed by atoms with van der Waals surface area (Å²) >= 11 is 0. The van der Waals surface area contributed by atoms with Gasteiger partial charge in [-0.15, -0.1) is 0 Å². The quantitative estimate of drug-likeness (QED) is 0.266. The van der Waals surface area contributed by atoms with E-state index in [4.69, 9.17) is 21.3 Å². The number of β-amino-alcohol motifs (C(OH)–C–C–N with tert-alkyl or cyclic N) is 1. The van der Waals surface area contributed by atoms with Crippen LogP contribution in [0.1, 0.15) is 55.8 Å². The topological polar surface area (TPSA) is 152 Å². The van der Waals surface area contributed by atoms with Crippen LogP contribution in [0, 0.1) is 6.92 Å². The van der Waals surface area contributed by atoms with E-state index in [2.05, 4.69) is 50.0 Å². The summed E-state index contributed by atoms with van der Waals surface area (Å²) in [6.45, 7) is 8.91. The number of aliphatic hydroxyl groups is 2. The van der Waals surface area contributed by atoms with Gasteiger partial charge in [0.2, 0.25) is 5.95 Å². The Balaban J connectivity index is 0.000000448. The van der Waals surface area contributed by atoms with E-state index in [9.17, 15) is 5.11 Å². The van der Waals surface area contributed by atoms with Crippen molar-refractivity contribution in [3.05, 3.63) is 35.0 Å². The molecular weight excluding hydrogens is 496 g/mol. The zero-order valence-electron chi connectivity index (χ0n) is 23.5. The summed E-state index contributed by atoms with van der Waals surface area (Å²) in [6.07, 6.45) is 5.87. The number of nitrogens with two attached hydrogens (primary N) is 2. The van der Waals surface area contributed by atoms with Gasteiger partial charge < -0.3 is 26.4 Å². The van der Waals surface area contributed by atoms with Gasteiger partial charge in [-0.1, -0.05) is 38.3 Å². The molecule has 0 amide bonds. The number of nitrogen functional groups attached to an aromatic ring is 2. The molecule has 2 fully saturated rings. The number of hydrogen-bond acceptors (Lipinski definition) is 10. The zero-order valence-corrected chi connectivity index (χ0v) is 23.5. The molecule has 214 valence electrons. The number of hydrogen-bond donors (Lipinski definition) is 4. The third-order valence-electron chi connectivity index (χ3n) is 7.72. The Morgan fingerprint density at radius 3 is 2.44 bits per heavy atom. The predicted octanol–water partition coefficient (Wildman–Crippen LogP) is 2.17. The maximum Gasteiger partial charge on any atom is 0.222 e. The van der Waals surface area contributed by atoms with Crippen molar-refractivity contribution >= 4 is 22.8 Å². The minimum atomic E-state index is 0.148. The Morgan fingerprint density at radius 1 is 1.00 bits per heavy atom. The number of methoxy groups -OCH3 is 1. The Bertz CT molecular complexity index is 1230. The molecule has 2 bridgehead atoms. The molecule has 1 aromatic carbocycles. The van der Waals surface area contributed by atoms with Crippen LogP contribution in [0.2, 0.25) is 0 Å². The summed E-state index contributed by atoms with van der Waals surface area (Å²) in [5.74, 6) is 1.29. The molecule has 0 saturated carbocycles. The maximum atomic E-state index is 9.24. The molecule has 2 saturated heterocycles. The van der Waals surface area contributed by atoms with Crippen molar-refractivity contribution in [3.8, 4) is 5.75 Å². The lowest BCUT2D eigenvalue weighted by molar-refractivity contribution is 0.105. The highest BCUT2D eigenvalue weighted by atomic mass is 16.5. The first-order valence-electron chi connectivity index (χ1n) is 14.0. The average Bonchev–Trinajstić information content (AvgIpc) is 3.58. The van der Waals surface area contributed by atoms with Crippen molar-refractivity contribution in [2.75, 3.05) is 51.4 Å². The van der Waals surface area contributed by atoms with Gasteiger partial charge in [-0.2, -0.15) is 10.1 Å². The van der Waals surface area contributed by atoms with E-state index in [1.54, 1.807) is 7.11 Å². The summed E-state index contributed by atoms with van der Waals surface area (Å²) in [5, 5.41) is 22.1. The van der Waals surface area contributed by atoms with E-state index in [1.807, 2.05) is 11.6 Å². The number of piperazine rings is 1. The Kier molecular flexibility index (Phi) is 9.95. The molecule has 0 radical (unpaired) electrons. The summed E-state index contributed by atoms with van der Waals surface area (Å²) in [7, 11) is 1.69. The minimum Gasteiger partial charge on any atom is -0.496 e. The Labute approximate surface area is 230 Å². The van der Waals surface area contributed by atoms with Crippen molar-refractivity contribution in [1.29, 1.82) is 0 Å². The molecule has 39 heavy (non-hydrogen) atoms. The van der Waals surface area contributed by atoms with Gasteiger partial charge in [-0.3, -0.25) is 14.5 Å². The monoisotopic (exact) mass is 540 g/mol. The molecule has 2 atom stereocenters. The van der Waals surface area contributed by atoms with E-state index in [-0.39, 0.29) is 12.6 Å². The van der Waals surface area contributed by atoms with Gasteiger partial charge in [0.05, 0.1) is 26.0 Å². The SMILES string of the molecule is CCCCCCO.COc1cc(CN2CC3CC2CN3CCO)ccc1Cn1nc(C)c2nc(N)nc(N)c21. The second kappa shape index (κ2) is 13.4. The van der Waals surface area contributed by atoms with Gasteiger partial charge in [0.25, 0.3) is 0 Å². The van der Waals surface area contributed by atoms with Crippen LogP contribution in [0.4, 0.5) is 11.8 Å². The number of rotatable bonds is 11. The molecule has 2 aromatic heterocycles. The molecule has 2 aliphatic rings. The molecule has 2 aliphatic heterocycles. The van der Waals surface area contributed by atoms with E-state index in [0.29, 0.717) is 42.1 Å². The van der Waals surface area contributed by atoms with Crippen LogP contribution in [0.3, 0.4) is 0 Å². The van der Waals surface area contributed by atoms with Crippen LogP contribution in [-0.4, -0.2) is 91.8 Å². The van der Waals surface area contributed by atoms with Crippen LogP contribution in [0.15, 0.2) is 18.2 Å². The number of aromatic nitrogens is 4. The van der Waals surface area contributed by atoms with Gasteiger partial charge in [0.1, 0.15) is 16.8 Å². The average molecular weight is 541 g/mol. The predicted molar refractivity (Wildman–Crippen MR) is 153 cm³/mol. The molecule has 6 N–H and O–H groups in total. The van der Waals surface area contributed by atoms with Crippen LogP contribution in [0.5, 0.6) is 5.75 Å². The Morgan fingerprint density at radius 2 is 1.77 bits per heavy atom. The first-order chi connectivity index (χ1) is 18.9. The van der Waals surface area contributed by atoms with Crippen LogP contribution in [-0.2, 0) is 13.1 Å². The first-order valence-corrected chi connectivity index (χ1v) is 14.0. The lowest BCUT2D eigenvalue weighted by Gasteiger charge is -2.33. The summed E-state index contributed by atoms with van der Waals surface area (Å²) < 4.78 is 7.54. The number of likely N-dealkylation sites (tertiary alicyclic amines) is 2. The van der Waals surface area contributed by atoms with E-state index >= 15 is 0 Å². The molecular formula is C28H44N8O3. The number of benzene rings is 1. The van der Waals surface area contributed by atoms with Crippen LogP contribution < -0.4 is 16.2 Å². The lowest BCUT2D eigenvalue weighted by Crippen LogP contribution is -2.46. The maximum absolute atomic E-state index is 9.24. The molecule has 4 heterocycles. The molecule has 11 heteroatoms. The van der Waals surface area contributed by atoms with Gasteiger partial charge in [0.15, 0.2) is 5.82 Å². The number of anilines is 2. The normalized spacial score (nSPS) is 19.0. The lowest BCUT2D eigenvalue weighted by atomic mass is 10.1. The highest BCUT2D eigenvalue weighted by Crippen LogP contribution is 2.33. The fraction of sp³-hybridized carbons (Fsp3) is 0.607. The molecule has 3 aromatic rings. The van der Waals surface area contributed by atoms with Crippen molar-refractivity contribution in [3.63, 3.8) is 0 Å². The van der Waals surface area contributed by atoms with E-state index in [1.165, 1.54) is 31.2 Å². The van der Waals surface area contributed by atoms with E-state index < -0.39 is 0 Å². The number of aliphatic hydroxyl groups excluding tert-OH is 2. The highest BCUT2D eigenvalue weighted by Gasteiger charge is 2.42. The second-order valence-corrected chi connectivity index (χ2v) is 10.5. The fourth-order valence-corrected chi connectivity index (χ4v) is 5.77. The third kappa shape index (κ3) is 6.78. The first kappa shape index (κ1) is 29.0. The number of aryl methyl sites for hydroxylation is 1. The van der Waals surface area contributed by atoms with Crippen molar-refractivity contribution < 1.29 is 14.9 Å². The van der Waals surface area contributed by atoms with Crippen molar-refractivity contribution in [2.24, 2.45) is 0 Å². The van der Waals surface area contributed by atoms with Crippen molar-refractivity contribution in [2.45, 2.75) is 71.1 Å². The van der Waals surface area contributed by atoms with Crippen molar-refractivity contribution in [1.82, 2.24) is 29.5 Å². The highest BCUT2D eigenvalue weighted by molar-refractivity contribution is 5.87. The zero-order chi connectivity index (χ0) is 27.9. The van der Waals surface area contributed by atoms with Gasteiger partial charge in [-0.05, 0) is 31.4 Å². The van der Waals surface area contributed by atoms with Gasteiger partial charge in [0, 0.05) is 50.4 Å². The molecule has 2 unspecified atom stereocenters. The van der Waals surface area contributed by atoms with Gasteiger partial charge in [-0.25, -0.2) is 4.98 Å². The fourth-order valence-electron chi connectivity index (χ4n) is 5.77. The summed E-state index contributed by atoms with van der Waals surface area (Å²) in [5.41, 5.74) is 16.2. The largest absolute Gasteiger partial charge is 0.496 e. The standard InChI is InChI=1S/C22H30N8O2.C6H14O/c1-13-19-20(21(23)26-22(24)25-19)30(27-13)10-15-4-3-14(7-18(15)32-2)9-29-12-16-8-17(29)11-28(16)5-6-31;1-2-3-4-5-6-7/h3-4,7,16-17,31H,5-6,8-12H2,1-2H3,(H4,23,24,25,26);7H,2-6H2,1H3. The number of nitrogens with zero attached hydrogens (tertiary/aromatic N) is 6. The van der Waals surface area contributed by atoms with Crippen LogP contribution in [0.25, 0.3) is 11.0 Å². The summed E-state index contributed by atoms with van der Waals surface area (Å²) in [6, 6.07) is 7.49. The van der Waals surface area contributed by atoms with Crippen LogP contribution >= 0.6 is 0 Å². The number of unbranched alkanes of at least 4 members (excludes halogenated alkanes) is 3. The van der Waals surface area contributed by atoms with Gasteiger partial charge >= 0.3 is 0 Å². The second-order valence-electron chi connectivity index (χ2n) is 10.5. The smallest absolute Gasteiger partial charge is 0.222 e. The number of ether oxygens (including phenoxy) is 1. The summed E-state index contributed by atoms with van der Waals surface area (Å²) in [4.78, 5) is 13.3. The molecule has 0 aliphatic carbocycles. The molecule has 5 rings (SSSR count). The van der Waals surface area contributed by atoms with E-state index in [0.717, 1.165) is 49.6 Å². The third-order valence-corrected chi connectivity index (χ3v) is 7.72. The number of fused-ring (bicyclic) bond motifs is 3.